The summed E-state index contributed by atoms with van der Waals surface area (Å²) in [6.07, 6.45) is 7.71. The van der Waals surface area contributed by atoms with Gasteiger partial charge in [-0.1, -0.05) is 35.9 Å². The van der Waals surface area contributed by atoms with E-state index in [4.69, 9.17) is 11.6 Å². The number of piperidine rings is 1. The first-order valence-corrected chi connectivity index (χ1v) is 7.44. The number of carbonyl (C=O) groups is 1. The Morgan fingerprint density at radius 1 is 1.20 bits per heavy atom. The van der Waals surface area contributed by atoms with Crippen molar-refractivity contribution in [1.29, 1.82) is 0 Å². The van der Waals surface area contributed by atoms with E-state index in [1.165, 1.54) is 5.57 Å². The Balaban J connectivity index is 1.71. The molecule has 0 spiro atoms. The highest BCUT2D eigenvalue weighted by atomic mass is 35.5. The van der Waals surface area contributed by atoms with E-state index in [-0.39, 0.29) is 5.91 Å². The summed E-state index contributed by atoms with van der Waals surface area (Å²) in [5, 5.41) is 0.709. The van der Waals surface area contributed by atoms with Crippen LogP contribution in [0.25, 0.3) is 6.08 Å². The largest absolute Gasteiger partial charge is 0.333 e. The quantitative estimate of drug-likeness (QED) is 0.593. The fourth-order valence-electron chi connectivity index (χ4n) is 3.30. The van der Waals surface area contributed by atoms with Gasteiger partial charge in [0.05, 0.1) is 0 Å². The zero-order valence-corrected chi connectivity index (χ0v) is 12.1. The maximum Gasteiger partial charge on any atom is 0.247 e. The Bertz CT molecular complexity index is 545. The summed E-state index contributed by atoms with van der Waals surface area (Å²) >= 11 is 5.85. The molecule has 2 unspecified atom stereocenters. The molecule has 3 heteroatoms. The lowest BCUT2D eigenvalue weighted by Gasteiger charge is -2.35. The molecular formula is C17H18ClNO. The van der Waals surface area contributed by atoms with Gasteiger partial charge < -0.3 is 4.90 Å². The fraction of sp³-hybridized carbons (Fsp3) is 0.353. The molecule has 2 heterocycles. The van der Waals surface area contributed by atoms with E-state index in [1.54, 1.807) is 6.08 Å². The Hall–Kier alpha value is -1.54. The molecule has 1 aromatic carbocycles. The number of amides is 1. The predicted molar refractivity (Wildman–Crippen MR) is 82.5 cm³/mol. The molecule has 1 aromatic rings. The Kier molecular flexibility index (Phi) is 3.66. The summed E-state index contributed by atoms with van der Waals surface area (Å²) in [5.41, 5.74) is 2.29. The second kappa shape index (κ2) is 5.45. The molecule has 2 aliphatic rings. The van der Waals surface area contributed by atoms with Crippen LogP contribution >= 0.6 is 11.6 Å². The van der Waals surface area contributed by atoms with Crippen LogP contribution in [0.5, 0.6) is 0 Å². The van der Waals surface area contributed by atoms with E-state index >= 15 is 0 Å². The minimum Gasteiger partial charge on any atom is -0.333 e. The Labute approximate surface area is 124 Å². The number of fused-ring (bicyclic) bond motifs is 2. The van der Waals surface area contributed by atoms with Crippen molar-refractivity contribution in [3.05, 3.63) is 53.1 Å². The minimum atomic E-state index is 0.125. The molecular weight excluding hydrogens is 270 g/mol. The summed E-state index contributed by atoms with van der Waals surface area (Å²) in [4.78, 5) is 14.4. The van der Waals surface area contributed by atoms with Gasteiger partial charge in [0, 0.05) is 23.2 Å². The predicted octanol–water partition coefficient (Wildman–Crippen LogP) is 4.06. The molecule has 2 aliphatic heterocycles. The van der Waals surface area contributed by atoms with Crippen molar-refractivity contribution < 1.29 is 4.79 Å². The summed E-state index contributed by atoms with van der Waals surface area (Å²) in [6.45, 7) is 4.08. The van der Waals surface area contributed by atoms with Gasteiger partial charge in [0.25, 0.3) is 0 Å². The lowest BCUT2D eigenvalue weighted by Crippen LogP contribution is -2.43. The van der Waals surface area contributed by atoms with Gasteiger partial charge in [-0.05, 0) is 49.5 Å². The normalized spacial score (nSPS) is 25.4. The number of benzene rings is 1. The molecule has 0 saturated carbocycles. The third-order valence-electron chi connectivity index (χ3n) is 4.21. The van der Waals surface area contributed by atoms with Gasteiger partial charge in [-0.3, -0.25) is 4.79 Å². The van der Waals surface area contributed by atoms with Crippen LogP contribution in [0.3, 0.4) is 0 Å². The molecule has 3 rings (SSSR count). The molecule has 0 aliphatic carbocycles. The van der Waals surface area contributed by atoms with E-state index in [0.717, 1.165) is 31.2 Å². The first-order chi connectivity index (χ1) is 9.63. The number of nitrogens with zero attached hydrogens (tertiary/aromatic N) is 1. The molecule has 2 bridgehead atoms. The Morgan fingerprint density at radius 2 is 1.80 bits per heavy atom. The summed E-state index contributed by atoms with van der Waals surface area (Å²) < 4.78 is 0. The third-order valence-corrected chi connectivity index (χ3v) is 4.46. The second-order valence-electron chi connectivity index (χ2n) is 5.67. The molecule has 2 fully saturated rings. The number of carbonyl (C=O) groups excluding carboxylic acids is 1. The number of halogens is 1. The van der Waals surface area contributed by atoms with Crippen molar-refractivity contribution in [3.8, 4) is 0 Å². The van der Waals surface area contributed by atoms with Crippen LogP contribution in [0.2, 0.25) is 5.02 Å². The highest BCUT2D eigenvalue weighted by Gasteiger charge is 2.39. The SMILES string of the molecule is C=C1CC2CCC(C1)N2C(=O)C=Cc1ccc(Cl)cc1. The topological polar surface area (TPSA) is 20.3 Å². The third kappa shape index (κ3) is 2.66. The monoisotopic (exact) mass is 287 g/mol. The first-order valence-electron chi connectivity index (χ1n) is 7.06. The van der Waals surface area contributed by atoms with Gasteiger partial charge in [-0.2, -0.15) is 0 Å². The standard InChI is InChI=1S/C17H18ClNO/c1-12-10-15-7-8-16(11-12)19(15)17(20)9-4-13-2-5-14(18)6-3-13/h2-6,9,15-16H,1,7-8,10-11H2. The zero-order valence-electron chi connectivity index (χ0n) is 11.4. The highest BCUT2D eigenvalue weighted by molar-refractivity contribution is 6.30. The van der Waals surface area contributed by atoms with Gasteiger partial charge in [-0.25, -0.2) is 0 Å². The van der Waals surface area contributed by atoms with Crippen LogP contribution < -0.4 is 0 Å². The number of hydrogen-bond acceptors (Lipinski definition) is 1. The molecule has 0 aromatic heterocycles. The van der Waals surface area contributed by atoms with E-state index in [2.05, 4.69) is 11.5 Å². The van der Waals surface area contributed by atoms with Crippen molar-refractivity contribution in [2.75, 3.05) is 0 Å². The molecule has 2 atom stereocenters. The molecule has 1 amide bonds. The molecule has 20 heavy (non-hydrogen) atoms. The van der Waals surface area contributed by atoms with Gasteiger partial charge in [0.2, 0.25) is 5.91 Å². The molecule has 2 nitrogen and oxygen atoms in total. The Morgan fingerprint density at radius 3 is 2.40 bits per heavy atom. The minimum absolute atomic E-state index is 0.125. The second-order valence-corrected chi connectivity index (χ2v) is 6.11. The molecule has 2 saturated heterocycles. The number of rotatable bonds is 2. The average Bonchev–Trinajstić information content (AvgIpc) is 2.70. The average molecular weight is 288 g/mol. The lowest BCUT2D eigenvalue weighted by atomic mass is 9.98. The van der Waals surface area contributed by atoms with Crippen molar-refractivity contribution >= 4 is 23.6 Å². The van der Waals surface area contributed by atoms with Crippen LogP contribution in [0.15, 0.2) is 42.5 Å². The van der Waals surface area contributed by atoms with Crippen LogP contribution in [-0.4, -0.2) is 22.9 Å². The van der Waals surface area contributed by atoms with Gasteiger partial charge in [-0.15, -0.1) is 0 Å². The van der Waals surface area contributed by atoms with Gasteiger partial charge >= 0.3 is 0 Å². The maximum absolute atomic E-state index is 12.4. The van der Waals surface area contributed by atoms with Crippen LogP contribution in [0.1, 0.15) is 31.2 Å². The van der Waals surface area contributed by atoms with E-state index in [1.807, 2.05) is 30.3 Å². The summed E-state index contributed by atoms with van der Waals surface area (Å²) in [7, 11) is 0. The van der Waals surface area contributed by atoms with E-state index < -0.39 is 0 Å². The number of hydrogen-bond donors (Lipinski definition) is 0. The van der Waals surface area contributed by atoms with E-state index in [9.17, 15) is 4.79 Å². The summed E-state index contributed by atoms with van der Waals surface area (Å²) in [5.74, 6) is 0.125. The van der Waals surface area contributed by atoms with Crippen LogP contribution in [0.4, 0.5) is 0 Å². The first kappa shape index (κ1) is 13.4. The maximum atomic E-state index is 12.4. The van der Waals surface area contributed by atoms with Crippen molar-refractivity contribution in [2.45, 2.75) is 37.8 Å². The van der Waals surface area contributed by atoms with Crippen molar-refractivity contribution in [1.82, 2.24) is 4.90 Å². The van der Waals surface area contributed by atoms with Gasteiger partial charge in [0.15, 0.2) is 0 Å². The van der Waals surface area contributed by atoms with E-state index in [0.29, 0.717) is 17.1 Å². The molecule has 104 valence electrons. The summed E-state index contributed by atoms with van der Waals surface area (Å²) in [6, 6.07) is 8.23. The lowest BCUT2D eigenvalue weighted by molar-refractivity contribution is -0.129. The zero-order chi connectivity index (χ0) is 14.1. The van der Waals surface area contributed by atoms with Crippen molar-refractivity contribution in [2.24, 2.45) is 0 Å². The van der Waals surface area contributed by atoms with Crippen LogP contribution in [-0.2, 0) is 4.79 Å². The highest BCUT2D eigenvalue weighted by Crippen LogP contribution is 2.37. The fourth-order valence-corrected chi connectivity index (χ4v) is 3.43. The van der Waals surface area contributed by atoms with Crippen molar-refractivity contribution in [3.63, 3.8) is 0 Å². The van der Waals surface area contributed by atoms with Crippen LogP contribution in [0, 0.1) is 0 Å². The molecule has 0 radical (unpaired) electrons. The molecule has 0 N–H and O–H groups in total. The van der Waals surface area contributed by atoms with Gasteiger partial charge in [0.1, 0.15) is 0 Å². The smallest absolute Gasteiger partial charge is 0.247 e.